The molecule has 10 heteroatoms. The Labute approximate surface area is 196 Å². The first-order valence-electron chi connectivity index (χ1n) is 10.6. The minimum Gasteiger partial charge on any atom is -0.497 e. The van der Waals surface area contributed by atoms with Gasteiger partial charge in [-0.3, -0.25) is 9.52 Å². The van der Waals surface area contributed by atoms with Crippen molar-refractivity contribution >= 4 is 33.0 Å². The van der Waals surface area contributed by atoms with E-state index in [4.69, 9.17) is 4.74 Å². The highest BCUT2D eigenvalue weighted by molar-refractivity contribution is 7.92. The molecule has 1 aliphatic rings. The van der Waals surface area contributed by atoms with Crippen LogP contribution in [0.15, 0.2) is 65.6 Å². The van der Waals surface area contributed by atoms with Crippen molar-refractivity contribution < 1.29 is 26.7 Å². The van der Waals surface area contributed by atoms with E-state index in [0.29, 0.717) is 36.3 Å². The maximum absolute atomic E-state index is 14.0. The number of anilines is 3. The number of methoxy groups -OCH3 is 1. The lowest BCUT2D eigenvalue weighted by Gasteiger charge is -2.22. The summed E-state index contributed by atoms with van der Waals surface area (Å²) in [6, 6.07) is 13.5. The lowest BCUT2D eigenvalue weighted by Crippen LogP contribution is -2.23. The Bertz CT molecular complexity index is 1310. The molecule has 7 nitrogen and oxygen atoms in total. The van der Waals surface area contributed by atoms with Crippen LogP contribution in [0.3, 0.4) is 0 Å². The topological polar surface area (TPSA) is 87.7 Å². The summed E-state index contributed by atoms with van der Waals surface area (Å²) in [5, 5.41) is 2.50. The molecular formula is C24H23F2N3O4S. The molecule has 1 fully saturated rings. The van der Waals surface area contributed by atoms with Crippen molar-refractivity contribution in [1.82, 2.24) is 0 Å². The smallest absolute Gasteiger partial charge is 0.264 e. The van der Waals surface area contributed by atoms with Gasteiger partial charge in [-0.05, 0) is 67.4 Å². The van der Waals surface area contributed by atoms with Crippen molar-refractivity contribution in [2.75, 3.05) is 35.1 Å². The van der Waals surface area contributed by atoms with Gasteiger partial charge in [0.2, 0.25) is 0 Å². The molecule has 0 atom stereocenters. The molecule has 4 rings (SSSR count). The Morgan fingerprint density at radius 3 is 2.26 bits per heavy atom. The highest BCUT2D eigenvalue weighted by Crippen LogP contribution is 2.32. The number of carbonyl (C=O) groups is 1. The first-order valence-corrected chi connectivity index (χ1v) is 12.1. The second-order valence-corrected chi connectivity index (χ2v) is 9.44. The molecule has 34 heavy (non-hydrogen) atoms. The zero-order valence-electron chi connectivity index (χ0n) is 18.3. The average Bonchev–Trinajstić information content (AvgIpc) is 3.34. The van der Waals surface area contributed by atoms with Gasteiger partial charge in [-0.2, -0.15) is 0 Å². The molecule has 0 saturated carbocycles. The fraction of sp³-hybridized carbons (Fsp3) is 0.208. The van der Waals surface area contributed by atoms with E-state index >= 15 is 0 Å². The van der Waals surface area contributed by atoms with Crippen LogP contribution in [0.2, 0.25) is 0 Å². The summed E-state index contributed by atoms with van der Waals surface area (Å²) in [6.07, 6.45) is 1.88. The predicted molar refractivity (Wildman–Crippen MR) is 126 cm³/mol. The van der Waals surface area contributed by atoms with Gasteiger partial charge in [0.1, 0.15) is 22.3 Å². The fourth-order valence-electron chi connectivity index (χ4n) is 3.77. The molecular weight excluding hydrogens is 464 g/mol. The van der Waals surface area contributed by atoms with Crippen molar-refractivity contribution in [3.8, 4) is 5.75 Å². The number of sulfonamides is 1. The van der Waals surface area contributed by atoms with E-state index in [1.165, 1.54) is 13.2 Å². The van der Waals surface area contributed by atoms with E-state index < -0.39 is 27.6 Å². The van der Waals surface area contributed by atoms with Crippen LogP contribution in [0.1, 0.15) is 23.2 Å². The van der Waals surface area contributed by atoms with Gasteiger partial charge in [0, 0.05) is 30.5 Å². The summed E-state index contributed by atoms with van der Waals surface area (Å²) >= 11 is 0. The van der Waals surface area contributed by atoms with Crippen LogP contribution in [0.5, 0.6) is 5.75 Å². The number of ether oxygens (including phenoxy) is 1. The molecule has 3 aromatic rings. The SMILES string of the molecule is COc1ccc(NS(=O)(=O)c2cc(NC(=O)c3ccc(F)cc3F)ccc2N2CCCC2)cc1. The molecule has 1 aliphatic heterocycles. The summed E-state index contributed by atoms with van der Waals surface area (Å²) in [6.45, 7) is 1.41. The Kier molecular flexibility index (Phi) is 6.69. The number of amides is 1. The minimum absolute atomic E-state index is 0.0254. The third-order valence-corrected chi connectivity index (χ3v) is 6.88. The maximum Gasteiger partial charge on any atom is 0.264 e. The quantitative estimate of drug-likeness (QED) is 0.508. The number of benzene rings is 3. The molecule has 1 amide bonds. The van der Waals surface area contributed by atoms with Gasteiger partial charge < -0.3 is 15.0 Å². The van der Waals surface area contributed by atoms with Crippen LogP contribution in [0.4, 0.5) is 25.8 Å². The Morgan fingerprint density at radius 1 is 0.941 bits per heavy atom. The van der Waals surface area contributed by atoms with Crippen molar-refractivity contribution in [2.45, 2.75) is 17.7 Å². The third kappa shape index (κ3) is 5.12. The highest BCUT2D eigenvalue weighted by atomic mass is 32.2. The molecule has 0 bridgehead atoms. The average molecular weight is 488 g/mol. The Balaban J connectivity index is 1.67. The zero-order chi connectivity index (χ0) is 24.3. The number of nitrogens with zero attached hydrogens (tertiary/aromatic N) is 1. The molecule has 1 saturated heterocycles. The third-order valence-electron chi connectivity index (χ3n) is 5.47. The molecule has 2 N–H and O–H groups in total. The molecule has 0 aromatic heterocycles. The lowest BCUT2D eigenvalue weighted by molar-refractivity contribution is 0.102. The summed E-state index contributed by atoms with van der Waals surface area (Å²) < 4.78 is 61.5. The number of carbonyl (C=O) groups excluding carboxylic acids is 1. The Morgan fingerprint density at radius 2 is 1.62 bits per heavy atom. The summed E-state index contributed by atoms with van der Waals surface area (Å²) in [5.74, 6) is -2.06. The lowest BCUT2D eigenvalue weighted by atomic mass is 10.2. The van der Waals surface area contributed by atoms with Gasteiger partial charge in [-0.15, -0.1) is 0 Å². The Hall–Kier alpha value is -3.66. The van der Waals surface area contributed by atoms with Crippen LogP contribution in [0, 0.1) is 11.6 Å². The molecule has 1 heterocycles. The van der Waals surface area contributed by atoms with E-state index in [2.05, 4.69) is 10.0 Å². The summed E-state index contributed by atoms with van der Waals surface area (Å²) in [4.78, 5) is 14.5. The first kappa shape index (κ1) is 23.5. The van der Waals surface area contributed by atoms with E-state index in [-0.39, 0.29) is 16.1 Å². The largest absolute Gasteiger partial charge is 0.497 e. The molecule has 178 valence electrons. The zero-order valence-corrected chi connectivity index (χ0v) is 19.2. The summed E-state index contributed by atoms with van der Waals surface area (Å²) in [5.41, 5.74) is 0.651. The first-order chi connectivity index (χ1) is 16.3. The van der Waals surface area contributed by atoms with Gasteiger partial charge in [0.05, 0.1) is 18.4 Å². The van der Waals surface area contributed by atoms with E-state index in [1.807, 2.05) is 4.90 Å². The van der Waals surface area contributed by atoms with E-state index in [0.717, 1.165) is 25.0 Å². The normalized spacial score (nSPS) is 13.6. The number of hydrogen-bond acceptors (Lipinski definition) is 5. The highest BCUT2D eigenvalue weighted by Gasteiger charge is 2.25. The van der Waals surface area contributed by atoms with Crippen LogP contribution >= 0.6 is 0 Å². The van der Waals surface area contributed by atoms with Gasteiger partial charge in [0.25, 0.3) is 15.9 Å². The van der Waals surface area contributed by atoms with Gasteiger partial charge >= 0.3 is 0 Å². The monoisotopic (exact) mass is 487 g/mol. The number of hydrogen-bond donors (Lipinski definition) is 2. The van der Waals surface area contributed by atoms with Gasteiger partial charge in [-0.25, -0.2) is 17.2 Å². The second-order valence-electron chi connectivity index (χ2n) is 7.79. The van der Waals surface area contributed by atoms with Crippen molar-refractivity contribution in [3.63, 3.8) is 0 Å². The molecule has 0 spiro atoms. The van der Waals surface area contributed by atoms with Crippen LogP contribution < -0.4 is 19.7 Å². The molecule has 3 aromatic carbocycles. The number of rotatable bonds is 7. The van der Waals surface area contributed by atoms with Crippen LogP contribution in [-0.4, -0.2) is 34.5 Å². The molecule has 0 aliphatic carbocycles. The van der Waals surface area contributed by atoms with Crippen molar-refractivity contribution in [1.29, 1.82) is 0 Å². The molecule has 0 radical (unpaired) electrons. The number of halogens is 2. The maximum atomic E-state index is 14.0. The van der Waals surface area contributed by atoms with E-state index in [9.17, 15) is 22.0 Å². The van der Waals surface area contributed by atoms with Crippen molar-refractivity contribution in [2.24, 2.45) is 0 Å². The van der Waals surface area contributed by atoms with Gasteiger partial charge in [0.15, 0.2) is 0 Å². The molecule has 0 unspecified atom stereocenters. The minimum atomic E-state index is -4.05. The predicted octanol–water partition coefficient (Wildman–Crippen LogP) is 4.63. The number of nitrogens with one attached hydrogen (secondary N) is 2. The second kappa shape index (κ2) is 9.68. The standard InChI is InChI=1S/C24H23F2N3O4S/c1-33-19-8-5-17(6-9-19)28-34(31,32)23-15-18(7-11-22(23)29-12-2-3-13-29)27-24(30)20-10-4-16(25)14-21(20)26/h4-11,14-15,28H,2-3,12-13H2,1H3,(H,27,30). The van der Waals surface area contributed by atoms with Crippen molar-refractivity contribution in [3.05, 3.63) is 77.9 Å². The fourth-order valence-corrected chi connectivity index (χ4v) is 5.08. The summed E-state index contributed by atoms with van der Waals surface area (Å²) in [7, 11) is -2.53. The van der Waals surface area contributed by atoms with E-state index in [1.54, 1.807) is 36.4 Å². The van der Waals surface area contributed by atoms with Gasteiger partial charge in [-0.1, -0.05) is 0 Å². The van der Waals surface area contributed by atoms with Crippen LogP contribution in [-0.2, 0) is 10.0 Å². The van der Waals surface area contributed by atoms with Crippen LogP contribution in [0.25, 0.3) is 0 Å².